The maximum Gasteiger partial charge on any atom is 0.306 e. The molecule has 0 aliphatic carbocycles. The summed E-state index contributed by atoms with van der Waals surface area (Å²) in [6, 6.07) is -0.0551. The predicted octanol–water partition coefficient (Wildman–Crippen LogP) is 6.65. The smallest absolute Gasteiger partial charge is 0.306 e. The third kappa shape index (κ3) is 18.5. The van der Waals surface area contributed by atoms with E-state index >= 15 is 0 Å². The van der Waals surface area contributed by atoms with Gasteiger partial charge in [-0.1, -0.05) is 79.3 Å². The maximum atomic E-state index is 11.0. The fourth-order valence-corrected chi connectivity index (χ4v) is 1.99. The Morgan fingerprint density at radius 3 is 1.71 bits per heavy atom. The number of ether oxygens (including phenoxy) is 1. The molecule has 0 aliphatic heterocycles. The lowest BCUT2D eigenvalue weighted by atomic mass is 10.2. The van der Waals surface area contributed by atoms with E-state index in [1.165, 1.54) is 0 Å². The highest BCUT2D eigenvalue weighted by Crippen LogP contribution is 2.01. The Bertz CT molecular complexity index is 431. The Labute approximate surface area is 152 Å². The lowest BCUT2D eigenvalue weighted by molar-refractivity contribution is -0.141. The van der Waals surface area contributed by atoms with Crippen molar-refractivity contribution < 1.29 is 9.53 Å². The zero-order valence-electron chi connectivity index (χ0n) is 14.8. The number of hydrogen-bond acceptors (Lipinski definition) is 2. The summed E-state index contributed by atoms with van der Waals surface area (Å²) in [6.07, 6.45) is 28.9. The molecule has 0 bridgehead atoms. The molecule has 0 atom stereocenters. The molecule has 0 aliphatic rings. The van der Waals surface area contributed by atoms with Gasteiger partial charge in [0.05, 0.1) is 0 Å². The van der Waals surface area contributed by atoms with Gasteiger partial charge >= 0.3 is 5.97 Å². The van der Waals surface area contributed by atoms with E-state index in [9.17, 15) is 4.79 Å². The van der Waals surface area contributed by atoms with Crippen LogP contribution in [-0.4, -0.2) is 12.0 Å². The molecule has 0 spiro atoms. The van der Waals surface area contributed by atoms with Crippen LogP contribution in [0.5, 0.6) is 0 Å². The molecule has 0 rings (SSSR count). The number of allylic oxidation sites excluding steroid dienone is 10. The van der Waals surface area contributed by atoms with E-state index in [1.54, 1.807) is 0 Å². The highest BCUT2D eigenvalue weighted by Gasteiger charge is 1.99. The van der Waals surface area contributed by atoms with E-state index < -0.39 is 0 Å². The van der Waals surface area contributed by atoms with Crippen molar-refractivity contribution in [3.63, 3.8) is 0 Å². The van der Waals surface area contributed by atoms with Crippen molar-refractivity contribution in [3.8, 4) is 0 Å². The molecule has 134 valence electrons. The minimum absolute atomic E-state index is 0.0551. The first kappa shape index (κ1) is 22.5. The van der Waals surface area contributed by atoms with Gasteiger partial charge in [-0.25, -0.2) is 0 Å². The van der Waals surface area contributed by atoms with E-state index in [0.29, 0.717) is 6.42 Å². The summed E-state index contributed by atoms with van der Waals surface area (Å²) < 4.78 is 4.65. The van der Waals surface area contributed by atoms with Gasteiger partial charge in [0.1, 0.15) is 0 Å². The Balaban J connectivity index is 3.48. The van der Waals surface area contributed by atoms with Gasteiger partial charge in [0.2, 0.25) is 0 Å². The SMILES string of the molecule is CCC=CCC=CCC=CCC=CCC=CCCCC(=O)OCCl. The molecular formula is C21H31ClO2. The maximum absolute atomic E-state index is 11.0. The van der Waals surface area contributed by atoms with Gasteiger partial charge in [0, 0.05) is 6.42 Å². The number of carbonyl (C=O) groups is 1. The third-order valence-corrected chi connectivity index (χ3v) is 3.23. The van der Waals surface area contributed by atoms with E-state index in [4.69, 9.17) is 11.6 Å². The van der Waals surface area contributed by atoms with Gasteiger partial charge in [-0.05, 0) is 44.9 Å². The molecule has 0 N–H and O–H groups in total. The summed E-state index contributed by atoms with van der Waals surface area (Å²) in [5.74, 6) is -0.225. The first-order valence-electron chi connectivity index (χ1n) is 8.77. The number of rotatable bonds is 14. The molecule has 0 aromatic carbocycles. The molecule has 2 nitrogen and oxygen atoms in total. The third-order valence-electron chi connectivity index (χ3n) is 3.12. The van der Waals surface area contributed by atoms with Crippen molar-refractivity contribution in [1.29, 1.82) is 0 Å². The molecule has 0 amide bonds. The van der Waals surface area contributed by atoms with Gasteiger partial charge in [0.15, 0.2) is 6.07 Å². The first-order chi connectivity index (χ1) is 11.8. The quantitative estimate of drug-likeness (QED) is 0.152. The summed E-state index contributed by atoms with van der Waals surface area (Å²) in [5.41, 5.74) is 0. The van der Waals surface area contributed by atoms with E-state index in [0.717, 1.165) is 44.9 Å². The summed E-state index contributed by atoms with van der Waals surface area (Å²) in [4.78, 5) is 11.0. The van der Waals surface area contributed by atoms with E-state index in [1.807, 2.05) is 0 Å². The number of alkyl halides is 1. The largest absolute Gasteiger partial charge is 0.449 e. The number of hydrogen-bond donors (Lipinski definition) is 0. The van der Waals surface area contributed by atoms with Crippen LogP contribution >= 0.6 is 11.6 Å². The van der Waals surface area contributed by atoms with Crippen LogP contribution in [0.15, 0.2) is 60.8 Å². The highest BCUT2D eigenvalue weighted by molar-refractivity contribution is 6.17. The molecule has 0 aromatic rings. The molecule has 3 heteroatoms. The van der Waals surface area contributed by atoms with E-state index in [2.05, 4.69) is 72.4 Å². The molecule has 0 radical (unpaired) electrons. The van der Waals surface area contributed by atoms with Gasteiger partial charge in [-0.15, -0.1) is 0 Å². The number of esters is 1. The Morgan fingerprint density at radius 1 is 0.792 bits per heavy atom. The molecule has 0 unspecified atom stereocenters. The minimum Gasteiger partial charge on any atom is -0.449 e. The zero-order chi connectivity index (χ0) is 17.7. The average molecular weight is 351 g/mol. The second-order valence-corrected chi connectivity index (χ2v) is 5.44. The van der Waals surface area contributed by atoms with Gasteiger partial charge < -0.3 is 4.74 Å². The van der Waals surface area contributed by atoms with Crippen LogP contribution in [0.4, 0.5) is 0 Å². The second-order valence-electron chi connectivity index (χ2n) is 5.23. The summed E-state index contributed by atoms with van der Waals surface area (Å²) in [7, 11) is 0. The standard InChI is InChI=1S/C21H31ClO2/c1-2-3-4-5-6-7-8-9-10-11-12-13-14-15-16-17-18-19-21(23)24-20-22/h3-4,6-7,9-10,12-13,15-16H,2,5,8,11,14,17-20H2,1H3. The fourth-order valence-electron chi connectivity index (χ4n) is 1.87. The number of halogens is 1. The fraction of sp³-hybridized carbons (Fsp3) is 0.476. The Kier molecular flexibility index (Phi) is 18.3. The molecule has 0 saturated heterocycles. The molecule has 0 fully saturated rings. The topological polar surface area (TPSA) is 26.3 Å². The minimum atomic E-state index is -0.225. The van der Waals surface area contributed by atoms with Crippen molar-refractivity contribution in [1.82, 2.24) is 0 Å². The summed E-state index contributed by atoms with van der Waals surface area (Å²) >= 11 is 5.30. The van der Waals surface area contributed by atoms with Crippen molar-refractivity contribution in [2.45, 2.75) is 58.3 Å². The van der Waals surface area contributed by atoms with E-state index in [-0.39, 0.29) is 12.0 Å². The summed E-state index contributed by atoms with van der Waals surface area (Å²) in [6.45, 7) is 2.15. The number of unbranched alkanes of at least 4 members (excludes halogenated alkanes) is 1. The van der Waals surface area contributed by atoms with Crippen LogP contribution in [0.3, 0.4) is 0 Å². The van der Waals surface area contributed by atoms with Crippen LogP contribution < -0.4 is 0 Å². The second kappa shape index (κ2) is 19.5. The highest BCUT2D eigenvalue weighted by atomic mass is 35.5. The lowest BCUT2D eigenvalue weighted by Crippen LogP contribution is -2.01. The van der Waals surface area contributed by atoms with Crippen molar-refractivity contribution in [2.75, 3.05) is 6.07 Å². The van der Waals surface area contributed by atoms with Crippen molar-refractivity contribution in [3.05, 3.63) is 60.8 Å². The molecule has 24 heavy (non-hydrogen) atoms. The van der Waals surface area contributed by atoms with Crippen molar-refractivity contribution >= 4 is 17.6 Å². The lowest BCUT2D eigenvalue weighted by Gasteiger charge is -1.97. The first-order valence-corrected chi connectivity index (χ1v) is 9.31. The van der Waals surface area contributed by atoms with Gasteiger partial charge in [-0.2, -0.15) is 0 Å². The van der Waals surface area contributed by atoms with Crippen LogP contribution in [0.1, 0.15) is 58.3 Å². The van der Waals surface area contributed by atoms with Gasteiger partial charge in [-0.3, -0.25) is 4.79 Å². The Hall–Kier alpha value is -1.54. The molecule has 0 saturated carbocycles. The van der Waals surface area contributed by atoms with Crippen LogP contribution in [0.2, 0.25) is 0 Å². The zero-order valence-corrected chi connectivity index (χ0v) is 15.6. The summed E-state index contributed by atoms with van der Waals surface area (Å²) in [5, 5.41) is 0. The van der Waals surface area contributed by atoms with Crippen LogP contribution in [0, 0.1) is 0 Å². The molecule has 0 heterocycles. The van der Waals surface area contributed by atoms with Crippen LogP contribution in [0.25, 0.3) is 0 Å². The number of carbonyl (C=O) groups excluding carboxylic acids is 1. The molecular weight excluding hydrogens is 320 g/mol. The molecule has 0 aromatic heterocycles. The Morgan fingerprint density at radius 2 is 1.25 bits per heavy atom. The normalized spacial score (nSPS) is 12.6. The average Bonchev–Trinajstić information content (AvgIpc) is 2.58. The van der Waals surface area contributed by atoms with Gasteiger partial charge in [0.25, 0.3) is 0 Å². The van der Waals surface area contributed by atoms with Crippen LogP contribution in [-0.2, 0) is 9.53 Å². The monoisotopic (exact) mass is 350 g/mol. The predicted molar refractivity (Wildman–Crippen MR) is 105 cm³/mol. The van der Waals surface area contributed by atoms with Crippen molar-refractivity contribution in [2.24, 2.45) is 0 Å².